The van der Waals surface area contributed by atoms with Crippen LogP contribution in [0.25, 0.3) is 0 Å². The Bertz CT molecular complexity index is 863. The predicted molar refractivity (Wildman–Crippen MR) is 102 cm³/mol. The van der Waals surface area contributed by atoms with Crippen LogP contribution in [0.4, 0.5) is 15.8 Å². The first kappa shape index (κ1) is 19.9. The Kier molecular flexibility index (Phi) is 6.02. The summed E-state index contributed by atoms with van der Waals surface area (Å²) in [5.74, 6) is -0.584. The zero-order valence-electron chi connectivity index (χ0n) is 15.2. The second kappa shape index (κ2) is 7.86. The Labute approximate surface area is 153 Å². The van der Waals surface area contributed by atoms with Crippen molar-refractivity contribution in [1.29, 1.82) is 0 Å². The van der Waals surface area contributed by atoms with Crippen LogP contribution in [0.1, 0.15) is 32.3 Å². The number of carbonyl (C=O) groups excluding carboxylic acids is 1. The molecule has 2 aromatic carbocycles. The fourth-order valence-corrected chi connectivity index (χ4v) is 3.77. The van der Waals surface area contributed by atoms with Crippen molar-refractivity contribution in [2.24, 2.45) is 0 Å². The second-order valence-corrected chi connectivity index (χ2v) is 8.34. The van der Waals surface area contributed by atoms with Crippen LogP contribution in [0.2, 0.25) is 0 Å². The molecule has 0 aliphatic rings. The normalized spacial score (nSPS) is 12.7. The molecule has 0 heterocycles. The zero-order valence-corrected chi connectivity index (χ0v) is 16.0. The molecule has 140 valence electrons. The molecule has 2 aromatic rings. The van der Waals surface area contributed by atoms with Crippen molar-refractivity contribution in [3.63, 3.8) is 0 Å². The number of nitrogens with zero attached hydrogens (tertiary/aromatic N) is 1. The van der Waals surface area contributed by atoms with Gasteiger partial charge in [0.25, 0.3) is 0 Å². The van der Waals surface area contributed by atoms with Crippen molar-refractivity contribution in [3.8, 4) is 0 Å². The van der Waals surface area contributed by atoms with Crippen molar-refractivity contribution >= 4 is 27.3 Å². The zero-order chi connectivity index (χ0) is 19.5. The topological polar surface area (TPSA) is 66.5 Å². The highest BCUT2D eigenvalue weighted by atomic mass is 32.2. The summed E-state index contributed by atoms with van der Waals surface area (Å²) in [5, 5.41) is 2.72. The number of halogens is 1. The minimum atomic E-state index is -3.74. The van der Waals surface area contributed by atoms with Gasteiger partial charge in [0.2, 0.25) is 15.9 Å². The molecule has 0 bridgehead atoms. The van der Waals surface area contributed by atoms with E-state index in [4.69, 9.17) is 0 Å². The number of carbonyl (C=O) groups is 1. The van der Waals surface area contributed by atoms with Crippen molar-refractivity contribution in [2.75, 3.05) is 15.9 Å². The molecule has 26 heavy (non-hydrogen) atoms. The van der Waals surface area contributed by atoms with Crippen molar-refractivity contribution < 1.29 is 17.6 Å². The molecule has 0 radical (unpaired) electrons. The van der Waals surface area contributed by atoms with E-state index in [1.807, 2.05) is 12.1 Å². The summed E-state index contributed by atoms with van der Waals surface area (Å²) in [5.41, 5.74) is 1.95. The maximum atomic E-state index is 13.1. The lowest BCUT2D eigenvalue weighted by Crippen LogP contribution is -2.45. The van der Waals surface area contributed by atoms with E-state index in [0.717, 1.165) is 28.3 Å². The van der Waals surface area contributed by atoms with Crippen molar-refractivity contribution in [3.05, 3.63) is 59.9 Å². The van der Waals surface area contributed by atoms with Crippen molar-refractivity contribution in [1.82, 2.24) is 0 Å². The lowest BCUT2D eigenvalue weighted by Gasteiger charge is -2.28. The minimum Gasteiger partial charge on any atom is -0.324 e. The Hall–Kier alpha value is -2.41. The quantitative estimate of drug-likeness (QED) is 0.833. The number of hydrogen-bond acceptors (Lipinski definition) is 3. The third-order valence-corrected chi connectivity index (χ3v) is 5.26. The third-order valence-electron chi connectivity index (χ3n) is 4.01. The largest absolute Gasteiger partial charge is 0.324 e. The van der Waals surface area contributed by atoms with E-state index in [1.54, 1.807) is 12.1 Å². The minimum absolute atomic E-state index is 0.228. The summed E-state index contributed by atoms with van der Waals surface area (Å²) < 4.78 is 38.5. The Morgan fingerprint density at radius 1 is 1.00 bits per heavy atom. The number of sulfonamides is 1. The molecule has 0 aliphatic heterocycles. The summed E-state index contributed by atoms with van der Waals surface area (Å²) in [6.07, 6.45) is 1.01. The van der Waals surface area contributed by atoms with Gasteiger partial charge in [0.05, 0.1) is 11.9 Å². The SMILES string of the molecule is CC(C)c1ccc(NC(=O)C(C)N(c2ccc(F)cc2)S(C)(=O)=O)cc1. The van der Waals surface area contributed by atoms with Gasteiger partial charge in [-0.25, -0.2) is 12.8 Å². The standard InChI is InChI=1S/C19H23FN2O3S/c1-13(2)15-5-9-17(10-6-15)21-19(23)14(3)22(26(4,24)25)18-11-7-16(20)8-12-18/h5-14H,1-4H3,(H,21,23). The first-order chi connectivity index (χ1) is 12.1. The summed E-state index contributed by atoms with van der Waals surface area (Å²) in [4.78, 5) is 12.6. The highest BCUT2D eigenvalue weighted by Crippen LogP contribution is 2.22. The van der Waals surface area contributed by atoms with Gasteiger partial charge in [-0.05, 0) is 54.8 Å². The predicted octanol–water partition coefficient (Wildman–Crippen LogP) is 3.74. The smallest absolute Gasteiger partial charge is 0.247 e. The van der Waals surface area contributed by atoms with Gasteiger partial charge in [-0.1, -0.05) is 26.0 Å². The summed E-state index contributed by atoms with van der Waals surface area (Å²) in [6, 6.07) is 11.4. The Morgan fingerprint density at radius 2 is 1.54 bits per heavy atom. The summed E-state index contributed by atoms with van der Waals surface area (Å²) >= 11 is 0. The van der Waals surface area contributed by atoms with Crippen LogP contribution in [0.5, 0.6) is 0 Å². The maximum Gasteiger partial charge on any atom is 0.247 e. The number of nitrogens with one attached hydrogen (secondary N) is 1. The molecule has 0 spiro atoms. The van der Waals surface area contributed by atoms with E-state index in [-0.39, 0.29) is 5.69 Å². The average Bonchev–Trinajstić information content (AvgIpc) is 2.56. The Balaban J connectivity index is 2.23. The third kappa shape index (κ3) is 4.82. The molecule has 5 nitrogen and oxygen atoms in total. The first-order valence-corrected chi connectivity index (χ1v) is 10.1. The highest BCUT2D eigenvalue weighted by Gasteiger charge is 2.29. The second-order valence-electron chi connectivity index (χ2n) is 6.48. The molecule has 0 aromatic heterocycles. The van der Waals surface area contributed by atoms with Crippen LogP contribution >= 0.6 is 0 Å². The number of amides is 1. The number of anilines is 2. The van der Waals surface area contributed by atoms with E-state index < -0.39 is 27.8 Å². The molecule has 1 atom stereocenters. The fourth-order valence-electron chi connectivity index (χ4n) is 2.59. The molecule has 0 fully saturated rings. The van der Waals surface area contributed by atoms with Crippen LogP contribution in [-0.4, -0.2) is 26.6 Å². The van der Waals surface area contributed by atoms with E-state index in [0.29, 0.717) is 11.6 Å². The van der Waals surface area contributed by atoms with E-state index >= 15 is 0 Å². The molecule has 2 rings (SSSR count). The molecule has 0 saturated heterocycles. The van der Waals surface area contributed by atoms with Crippen molar-refractivity contribution in [2.45, 2.75) is 32.7 Å². The molecule has 0 aliphatic carbocycles. The fraction of sp³-hybridized carbons (Fsp3) is 0.316. The van der Waals surface area contributed by atoms with Gasteiger partial charge in [-0.2, -0.15) is 0 Å². The van der Waals surface area contributed by atoms with E-state index in [2.05, 4.69) is 19.2 Å². The van der Waals surface area contributed by atoms with E-state index in [1.165, 1.54) is 19.1 Å². The monoisotopic (exact) mass is 378 g/mol. The molecule has 1 unspecified atom stereocenters. The van der Waals surface area contributed by atoms with Crippen LogP contribution in [0.15, 0.2) is 48.5 Å². The van der Waals surface area contributed by atoms with Gasteiger partial charge in [0, 0.05) is 5.69 Å². The van der Waals surface area contributed by atoms with Gasteiger partial charge in [0.1, 0.15) is 11.9 Å². The first-order valence-electron chi connectivity index (χ1n) is 8.25. The summed E-state index contributed by atoms with van der Waals surface area (Å²) in [7, 11) is -3.74. The van der Waals surface area contributed by atoms with Gasteiger partial charge in [0.15, 0.2) is 0 Å². The van der Waals surface area contributed by atoms with Crippen LogP contribution in [-0.2, 0) is 14.8 Å². The lowest BCUT2D eigenvalue weighted by molar-refractivity contribution is -0.116. The molecule has 0 saturated carbocycles. The number of rotatable bonds is 6. The average molecular weight is 378 g/mol. The molecular weight excluding hydrogens is 355 g/mol. The van der Waals surface area contributed by atoms with Crippen LogP contribution in [0.3, 0.4) is 0 Å². The van der Waals surface area contributed by atoms with Gasteiger partial charge in [-0.15, -0.1) is 0 Å². The molecular formula is C19H23FN2O3S. The van der Waals surface area contributed by atoms with Gasteiger partial charge >= 0.3 is 0 Å². The number of hydrogen-bond donors (Lipinski definition) is 1. The maximum absolute atomic E-state index is 13.1. The van der Waals surface area contributed by atoms with Crippen LogP contribution < -0.4 is 9.62 Å². The van der Waals surface area contributed by atoms with Crippen LogP contribution in [0, 0.1) is 5.82 Å². The highest BCUT2D eigenvalue weighted by molar-refractivity contribution is 7.92. The lowest BCUT2D eigenvalue weighted by atomic mass is 10.0. The molecule has 1 amide bonds. The van der Waals surface area contributed by atoms with E-state index in [9.17, 15) is 17.6 Å². The number of benzene rings is 2. The summed E-state index contributed by atoms with van der Waals surface area (Å²) in [6.45, 7) is 5.63. The Morgan fingerprint density at radius 3 is 2.00 bits per heavy atom. The van der Waals surface area contributed by atoms with Gasteiger partial charge < -0.3 is 5.32 Å². The molecule has 1 N–H and O–H groups in total. The van der Waals surface area contributed by atoms with Gasteiger partial charge in [-0.3, -0.25) is 9.10 Å². The molecule has 7 heteroatoms.